The van der Waals surface area contributed by atoms with Crippen molar-refractivity contribution in [3.8, 4) is 11.5 Å². The van der Waals surface area contributed by atoms with Gasteiger partial charge in [0.15, 0.2) is 11.5 Å². The van der Waals surface area contributed by atoms with Crippen LogP contribution in [0.15, 0.2) is 12.1 Å². The first kappa shape index (κ1) is 14.7. The Morgan fingerprint density at radius 2 is 1.78 bits per heavy atom. The Balaban J connectivity index is 1.86. The summed E-state index contributed by atoms with van der Waals surface area (Å²) < 4.78 is 10.6. The second kappa shape index (κ2) is 5.07. The van der Waals surface area contributed by atoms with Gasteiger partial charge in [0.25, 0.3) is 5.91 Å². The lowest BCUT2D eigenvalue weighted by Crippen LogP contribution is -2.65. The molecule has 3 aliphatic rings. The average molecular weight is 323 g/mol. The van der Waals surface area contributed by atoms with Crippen molar-refractivity contribution in [3.63, 3.8) is 0 Å². The molecule has 1 aromatic rings. The van der Waals surface area contributed by atoms with Crippen molar-refractivity contribution in [2.45, 2.75) is 30.3 Å². The maximum Gasteiger partial charge on any atom is 0.252 e. The van der Waals surface area contributed by atoms with Gasteiger partial charge in [0.1, 0.15) is 12.2 Å². The molecular weight excluding hydrogens is 306 g/mol. The highest BCUT2D eigenvalue weighted by Crippen LogP contribution is 2.46. The molecule has 8 heteroatoms. The topological polar surface area (TPSA) is 128 Å². The third kappa shape index (κ3) is 1.96. The van der Waals surface area contributed by atoms with Gasteiger partial charge in [-0.3, -0.25) is 4.79 Å². The van der Waals surface area contributed by atoms with E-state index in [-0.39, 0.29) is 6.79 Å². The fraction of sp³-hybridized carbons (Fsp3) is 0.533. The van der Waals surface area contributed by atoms with Gasteiger partial charge < -0.3 is 35.2 Å². The van der Waals surface area contributed by atoms with E-state index in [9.17, 15) is 25.2 Å². The number of amides is 1. The molecule has 2 heterocycles. The number of rotatable bonds is 1. The predicted molar refractivity (Wildman–Crippen MR) is 75.2 cm³/mol. The molecule has 2 aliphatic heterocycles. The first-order valence-corrected chi connectivity index (χ1v) is 7.42. The van der Waals surface area contributed by atoms with Crippen LogP contribution >= 0.6 is 0 Å². The van der Waals surface area contributed by atoms with Crippen LogP contribution in [0, 0.1) is 5.92 Å². The van der Waals surface area contributed by atoms with Gasteiger partial charge in [-0.2, -0.15) is 0 Å². The molecule has 1 saturated carbocycles. The molecule has 0 radical (unpaired) electrons. The number of hydrogen-bond acceptors (Lipinski definition) is 7. The Morgan fingerprint density at radius 3 is 2.48 bits per heavy atom. The maximum absolute atomic E-state index is 12.3. The highest BCUT2D eigenvalue weighted by atomic mass is 16.7. The molecule has 124 valence electrons. The number of ether oxygens (including phenoxy) is 2. The van der Waals surface area contributed by atoms with E-state index in [0.29, 0.717) is 22.6 Å². The molecule has 1 amide bonds. The van der Waals surface area contributed by atoms with Crippen molar-refractivity contribution in [2.75, 3.05) is 13.4 Å². The van der Waals surface area contributed by atoms with Crippen LogP contribution < -0.4 is 14.8 Å². The van der Waals surface area contributed by atoms with Gasteiger partial charge >= 0.3 is 0 Å². The Hall–Kier alpha value is -1.87. The van der Waals surface area contributed by atoms with Crippen LogP contribution in [-0.4, -0.2) is 64.1 Å². The van der Waals surface area contributed by atoms with Gasteiger partial charge in [-0.15, -0.1) is 0 Å². The van der Waals surface area contributed by atoms with Crippen molar-refractivity contribution < 1.29 is 34.7 Å². The number of fused-ring (bicyclic) bond motifs is 4. The fourth-order valence-corrected chi connectivity index (χ4v) is 3.84. The highest BCUT2D eigenvalue weighted by molar-refractivity contribution is 5.98. The second-order valence-electron chi connectivity index (χ2n) is 6.14. The summed E-state index contributed by atoms with van der Waals surface area (Å²) in [5.74, 6) is -0.744. The number of carbonyl (C=O) groups is 1. The Bertz CT molecular complexity index is 663. The van der Waals surface area contributed by atoms with Crippen LogP contribution in [-0.2, 0) is 0 Å². The lowest BCUT2D eigenvalue weighted by Gasteiger charge is -2.48. The number of aliphatic hydroxyl groups is 4. The zero-order valence-electron chi connectivity index (χ0n) is 12.0. The van der Waals surface area contributed by atoms with Crippen LogP contribution in [0.1, 0.15) is 21.8 Å². The predicted octanol–water partition coefficient (Wildman–Crippen LogP) is -1.68. The summed E-state index contributed by atoms with van der Waals surface area (Å²) in [6.07, 6.45) is -4.07. The van der Waals surface area contributed by atoms with E-state index in [1.165, 1.54) is 0 Å². The summed E-state index contributed by atoms with van der Waals surface area (Å²) in [7, 11) is 0. The van der Waals surface area contributed by atoms with Gasteiger partial charge in [0.2, 0.25) is 6.79 Å². The summed E-state index contributed by atoms with van der Waals surface area (Å²) in [6.45, 7) is -0.336. The minimum atomic E-state index is -1.44. The minimum absolute atomic E-state index is 0.0569. The molecule has 8 nitrogen and oxygen atoms in total. The Labute approximate surface area is 131 Å². The molecule has 1 aromatic carbocycles. The maximum atomic E-state index is 12.3. The van der Waals surface area contributed by atoms with E-state index in [0.717, 1.165) is 0 Å². The van der Waals surface area contributed by atoms with Crippen LogP contribution in [0.2, 0.25) is 0 Å². The van der Waals surface area contributed by atoms with E-state index in [1.54, 1.807) is 12.1 Å². The lowest BCUT2D eigenvalue weighted by molar-refractivity contribution is -0.138. The summed E-state index contributed by atoms with van der Waals surface area (Å²) in [5.41, 5.74) is 0.914. The first-order chi connectivity index (χ1) is 11.0. The average Bonchev–Trinajstić information content (AvgIpc) is 3.00. The summed E-state index contributed by atoms with van der Waals surface area (Å²) in [5, 5.41) is 42.7. The molecule has 1 unspecified atom stereocenters. The quantitative estimate of drug-likeness (QED) is 0.417. The van der Waals surface area contributed by atoms with Crippen molar-refractivity contribution in [1.29, 1.82) is 0 Å². The van der Waals surface area contributed by atoms with Gasteiger partial charge in [0.05, 0.1) is 12.1 Å². The number of nitrogens with one attached hydrogen (secondary N) is 1. The molecule has 0 aromatic heterocycles. The number of benzene rings is 1. The Morgan fingerprint density at radius 1 is 1.09 bits per heavy atom. The monoisotopic (exact) mass is 323 g/mol. The second-order valence-corrected chi connectivity index (χ2v) is 6.14. The molecule has 1 aliphatic carbocycles. The fourth-order valence-electron chi connectivity index (χ4n) is 3.84. The van der Waals surface area contributed by atoms with Crippen molar-refractivity contribution in [1.82, 2.24) is 5.32 Å². The molecule has 1 fully saturated rings. The third-order valence-corrected chi connectivity index (χ3v) is 5.01. The van der Waals surface area contributed by atoms with Crippen LogP contribution in [0.3, 0.4) is 0 Å². The normalized spacial score (nSPS) is 37.8. The van der Waals surface area contributed by atoms with E-state index in [2.05, 4.69) is 5.32 Å². The molecule has 0 bridgehead atoms. The minimum Gasteiger partial charge on any atom is -0.454 e. The van der Waals surface area contributed by atoms with Crippen molar-refractivity contribution >= 4 is 5.91 Å². The van der Waals surface area contributed by atoms with Crippen molar-refractivity contribution in [3.05, 3.63) is 23.3 Å². The molecular formula is C15H17NO7. The number of carbonyl (C=O) groups excluding carboxylic acids is 1. The van der Waals surface area contributed by atoms with Gasteiger partial charge in [0, 0.05) is 24.0 Å². The number of aliphatic hydroxyl groups excluding tert-OH is 4. The third-order valence-electron chi connectivity index (χ3n) is 5.01. The zero-order valence-corrected chi connectivity index (χ0v) is 12.0. The van der Waals surface area contributed by atoms with Crippen LogP contribution in [0.5, 0.6) is 11.5 Å². The zero-order chi connectivity index (χ0) is 16.3. The largest absolute Gasteiger partial charge is 0.454 e. The molecule has 5 N–H and O–H groups in total. The van der Waals surface area contributed by atoms with Crippen LogP contribution in [0.4, 0.5) is 0 Å². The smallest absolute Gasteiger partial charge is 0.252 e. The summed E-state index contributed by atoms with van der Waals surface area (Å²) in [4.78, 5) is 12.3. The lowest BCUT2D eigenvalue weighted by atomic mass is 9.66. The molecule has 0 saturated heterocycles. The van der Waals surface area contributed by atoms with Crippen LogP contribution in [0.25, 0.3) is 0 Å². The standard InChI is InChI=1S/C15H17NO7/c17-3-7-10-5-1-8-9(23-4-22-8)2-6(5)15(21)16-11(10)13(19)14(20)12(7)18/h1-2,7,10-14,17-20H,3-4H2,(H,16,21)/t7-,10?,11-,12+,13+,14-/m1/s1. The Kier molecular flexibility index (Phi) is 3.24. The van der Waals surface area contributed by atoms with E-state index in [1.807, 2.05) is 0 Å². The highest BCUT2D eigenvalue weighted by Gasteiger charge is 2.53. The van der Waals surface area contributed by atoms with E-state index < -0.39 is 48.7 Å². The SMILES string of the molecule is O=C1N[C@@H]2C(c3cc4c(cc31)OCO4)[C@@H](CO)[C@H](O)[C@@H](O)[C@H]2O. The first-order valence-electron chi connectivity index (χ1n) is 7.42. The summed E-state index contributed by atoms with van der Waals surface area (Å²) >= 11 is 0. The van der Waals surface area contributed by atoms with E-state index in [4.69, 9.17) is 9.47 Å². The van der Waals surface area contributed by atoms with E-state index >= 15 is 0 Å². The van der Waals surface area contributed by atoms with Gasteiger partial charge in [-0.25, -0.2) is 0 Å². The molecule has 0 spiro atoms. The van der Waals surface area contributed by atoms with Gasteiger partial charge in [-0.1, -0.05) is 0 Å². The summed E-state index contributed by atoms with van der Waals surface area (Å²) in [6, 6.07) is 2.40. The van der Waals surface area contributed by atoms with Gasteiger partial charge in [-0.05, 0) is 17.7 Å². The molecule has 4 rings (SSSR count). The van der Waals surface area contributed by atoms with Crippen molar-refractivity contribution in [2.24, 2.45) is 5.92 Å². The molecule has 6 atom stereocenters. The number of hydrogen-bond donors (Lipinski definition) is 5. The molecule has 23 heavy (non-hydrogen) atoms.